The second-order valence-corrected chi connectivity index (χ2v) is 8.70. The van der Waals surface area contributed by atoms with E-state index in [1.807, 2.05) is 6.07 Å². The number of aromatic nitrogens is 1. The van der Waals surface area contributed by atoms with E-state index in [1.54, 1.807) is 25.1 Å². The summed E-state index contributed by atoms with van der Waals surface area (Å²) in [6, 6.07) is 5.97. The van der Waals surface area contributed by atoms with Crippen LogP contribution in [0.15, 0.2) is 45.3 Å². The molecule has 9 nitrogen and oxygen atoms in total. The summed E-state index contributed by atoms with van der Waals surface area (Å²) in [7, 11) is 0. The van der Waals surface area contributed by atoms with Crippen LogP contribution >= 0.6 is 0 Å². The molecule has 2 aromatic rings. The van der Waals surface area contributed by atoms with Gasteiger partial charge in [0.05, 0.1) is 16.8 Å². The van der Waals surface area contributed by atoms with Crippen LogP contribution < -0.4 is 5.32 Å². The van der Waals surface area contributed by atoms with Gasteiger partial charge in [-0.15, -0.1) is 12.3 Å². The van der Waals surface area contributed by atoms with Gasteiger partial charge in [0.2, 0.25) is 5.91 Å². The van der Waals surface area contributed by atoms with Gasteiger partial charge >= 0.3 is 0 Å². The van der Waals surface area contributed by atoms with Gasteiger partial charge in [0, 0.05) is 38.0 Å². The lowest BCUT2D eigenvalue weighted by Crippen LogP contribution is -2.49. The highest BCUT2D eigenvalue weighted by Gasteiger charge is 2.42. The summed E-state index contributed by atoms with van der Waals surface area (Å²) in [4.78, 5) is 33.0. The van der Waals surface area contributed by atoms with Gasteiger partial charge in [0.1, 0.15) is 18.1 Å². The first-order valence-corrected chi connectivity index (χ1v) is 11.3. The largest absolute Gasteiger partial charge is 0.469 e. The number of aryl methyl sites for hydroxylation is 1. The third-order valence-corrected chi connectivity index (χ3v) is 6.25. The van der Waals surface area contributed by atoms with Gasteiger partial charge in [0.15, 0.2) is 11.7 Å². The maximum atomic E-state index is 13.6. The number of hydrogen-bond donors (Lipinski definition) is 1. The average molecular weight is 459 g/mol. The number of nitriles is 1. The molecule has 2 amide bonds. The lowest BCUT2D eigenvalue weighted by atomic mass is 9.92. The van der Waals surface area contributed by atoms with Crippen LogP contribution in [0.5, 0.6) is 0 Å². The van der Waals surface area contributed by atoms with E-state index >= 15 is 0 Å². The standard InChI is InChI=1S/C25H26N6O3/c1-3-4-10-25(29-30-25)11-12-31(24(33)19-13-17(2)34-16-19)22(23(32)28-20-6-5-7-20)21-9-8-18(14-26)15-27-21/h1,8-9,13,15-16,20,22H,4-7,10-12H2,2H3,(H,28,32). The molecule has 3 heterocycles. The molecule has 1 saturated carbocycles. The van der Waals surface area contributed by atoms with Crippen molar-refractivity contribution in [3.63, 3.8) is 0 Å². The Balaban J connectivity index is 1.66. The van der Waals surface area contributed by atoms with E-state index in [2.05, 4.69) is 26.4 Å². The number of amides is 2. The molecule has 1 fully saturated rings. The summed E-state index contributed by atoms with van der Waals surface area (Å²) < 4.78 is 5.36. The molecule has 0 spiro atoms. The second-order valence-electron chi connectivity index (χ2n) is 8.70. The molecule has 0 aromatic carbocycles. The fourth-order valence-electron chi connectivity index (χ4n) is 3.94. The van der Waals surface area contributed by atoms with Gasteiger partial charge in [-0.3, -0.25) is 14.6 Å². The summed E-state index contributed by atoms with van der Waals surface area (Å²) in [6.45, 7) is 1.96. The first-order valence-electron chi connectivity index (χ1n) is 11.3. The first-order chi connectivity index (χ1) is 16.4. The van der Waals surface area contributed by atoms with E-state index in [9.17, 15) is 9.59 Å². The summed E-state index contributed by atoms with van der Waals surface area (Å²) >= 11 is 0. The average Bonchev–Trinajstić information content (AvgIpc) is 3.46. The van der Waals surface area contributed by atoms with Crippen molar-refractivity contribution in [3.8, 4) is 18.4 Å². The number of nitrogens with zero attached hydrogens (tertiary/aromatic N) is 5. The van der Waals surface area contributed by atoms with Crippen molar-refractivity contribution in [1.29, 1.82) is 5.26 Å². The number of furan rings is 1. The molecular weight excluding hydrogens is 432 g/mol. The van der Waals surface area contributed by atoms with E-state index in [4.69, 9.17) is 16.1 Å². The van der Waals surface area contributed by atoms with E-state index in [0.717, 1.165) is 19.3 Å². The van der Waals surface area contributed by atoms with Crippen molar-refractivity contribution >= 4 is 11.8 Å². The third kappa shape index (κ3) is 5.15. The molecule has 0 saturated heterocycles. The van der Waals surface area contributed by atoms with Gasteiger partial charge in [-0.05, 0) is 44.4 Å². The van der Waals surface area contributed by atoms with Crippen LogP contribution in [0.1, 0.15) is 71.9 Å². The van der Waals surface area contributed by atoms with Gasteiger partial charge < -0.3 is 14.6 Å². The maximum Gasteiger partial charge on any atom is 0.258 e. The van der Waals surface area contributed by atoms with Crippen molar-refractivity contribution in [2.75, 3.05) is 6.54 Å². The molecule has 0 bridgehead atoms. The molecule has 4 rings (SSSR count). The Hall–Kier alpha value is -3.98. The molecule has 9 heteroatoms. The summed E-state index contributed by atoms with van der Waals surface area (Å²) in [5.74, 6) is 2.53. The Morgan fingerprint density at radius 1 is 1.35 bits per heavy atom. The summed E-state index contributed by atoms with van der Waals surface area (Å²) in [5, 5.41) is 20.5. The molecule has 0 radical (unpaired) electrons. The van der Waals surface area contributed by atoms with Crippen LogP contribution in [0, 0.1) is 30.6 Å². The second kappa shape index (κ2) is 9.88. The van der Waals surface area contributed by atoms with Crippen molar-refractivity contribution in [3.05, 3.63) is 53.2 Å². The highest BCUT2D eigenvalue weighted by Crippen LogP contribution is 2.38. The highest BCUT2D eigenvalue weighted by molar-refractivity contribution is 5.97. The number of carbonyl (C=O) groups is 2. The van der Waals surface area contributed by atoms with E-state index < -0.39 is 11.7 Å². The predicted octanol–water partition coefficient (Wildman–Crippen LogP) is 3.67. The van der Waals surface area contributed by atoms with Crippen LogP contribution in [0.2, 0.25) is 0 Å². The van der Waals surface area contributed by atoms with Crippen molar-refractivity contribution < 1.29 is 14.0 Å². The van der Waals surface area contributed by atoms with E-state index in [-0.39, 0.29) is 24.4 Å². The first kappa shape index (κ1) is 23.2. The molecule has 34 heavy (non-hydrogen) atoms. The molecule has 1 atom stereocenters. The number of terminal acetylenes is 1. The molecule has 1 N–H and O–H groups in total. The number of hydrogen-bond acceptors (Lipinski definition) is 7. The Labute approximate surface area is 198 Å². The zero-order valence-electron chi connectivity index (χ0n) is 19.0. The molecule has 2 aliphatic rings. The minimum atomic E-state index is -0.987. The Kier molecular flexibility index (Phi) is 6.74. The summed E-state index contributed by atoms with van der Waals surface area (Å²) in [5.41, 5.74) is 0.473. The topological polar surface area (TPSA) is 124 Å². The zero-order valence-corrected chi connectivity index (χ0v) is 19.0. The Morgan fingerprint density at radius 3 is 2.68 bits per heavy atom. The highest BCUT2D eigenvalue weighted by atomic mass is 16.3. The van der Waals surface area contributed by atoms with Gasteiger partial charge in [-0.1, -0.05) is 0 Å². The normalized spacial score (nSPS) is 16.6. The SMILES string of the molecule is C#CCCC1(CCN(C(=O)c2coc(C)c2)C(C(=O)NC2CCC2)c2ccc(C#N)cn2)N=N1. The van der Waals surface area contributed by atoms with Crippen LogP contribution in [0.3, 0.4) is 0 Å². The lowest BCUT2D eigenvalue weighted by molar-refractivity contribution is -0.127. The molecule has 1 aliphatic heterocycles. The van der Waals surface area contributed by atoms with Crippen molar-refractivity contribution in [1.82, 2.24) is 15.2 Å². The molecule has 2 aromatic heterocycles. The van der Waals surface area contributed by atoms with Crippen molar-refractivity contribution in [2.24, 2.45) is 10.2 Å². The fraction of sp³-hybridized carbons (Fsp3) is 0.440. The number of nitrogens with one attached hydrogen (secondary N) is 1. The molecule has 174 valence electrons. The van der Waals surface area contributed by atoms with Crippen LogP contribution in [0.4, 0.5) is 0 Å². The minimum absolute atomic E-state index is 0.0805. The fourth-order valence-corrected chi connectivity index (χ4v) is 3.94. The molecular formula is C25H26N6O3. The zero-order chi connectivity index (χ0) is 24.1. The lowest BCUT2D eigenvalue weighted by Gasteiger charge is -2.34. The summed E-state index contributed by atoms with van der Waals surface area (Å²) in [6.07, 6.45) is 12.6. The quantitative estimate of drug-likeness (QED) is 0.544. The Bertz CT molecular complexity index is 1160. The van der Waals surface area contributed by atoms with Gasteiger partial charge in [-0.2, -0.15) is 15.5 Å². The van der Waals surface area contributed by atoms with E-state index in [0.29, 0.717) is 41.8 Å². The van der Waals surface area contributed by atoms with Crippen LogP contribution in [-0.2, 0) is 4.79 Å². The predicted molar refractivity (Wildman–Crippen MR) is 122 cm³/mol. The smallest absolute Gasteiger partial charge is 0.258 e. The maximum absolute atomic E-state index is 13.6. The monoisotopic (exact) mass is 458 g/mol. The van der Waals surface area contributed by atoms with Gasteiger partial charge in [-0.25, -0.2) is 0 Å². The molecule has 1 unspecified atom stereocenters. The van der Waals surface area contributed by atoms with Crippen molar-refractivity contribution in [2.45, 2.75) is 63.2 Å². The minimum Gasteiger partial charge on any atom is -0.469 e. The third-order valence-electron chi connectivity index (χ3n) is 6.25. The number of rotatable bonds is 10. The van der Waals surface area contributed by atoms with E-state index in [1.165, 1.54) is 17.4 Å². The van der Waals surface area contributed by atoms with Crippen LogP contribution in [-0.4, -0.2) is 39.9 Å². The Morgan fingerprint density at radius 2 is 2.15 bits per heavy atom. The van der Waals surface area contributed by atoms with Crippen LogP contribution in [0.25, 0.3) is 0 Å². The molecule has 1 aliphatic carbocycles. The van der Waals surface area contributed by atoms with Gasteiger partial charge in [0.25, 0.3) is 5.91 Å². The number of carbonyl (C=O) groups excluding carboxylic acids is 2. The number of pyridine rings is 1.